The summed E-state index contributed by atoms with van der Waals surface area (Å²) >= 11 is 12.5. The Bertz CT molecular complexity index is 1930. The lowest BCUT2D eigenvalue weighted by molar-refractivity contribution is -0.613. The number of methoxy groups -OCH3 is 5. The van der Waals surface area contributed by atoms with Crippen LogP contribution in [0.3, 0.4) is 0 Å². The number of rotatable bonds is 7. The quantitative estimate of drug-likeness (QED) is 0.0637. The summed E-state index contributed by atoms with van der Waals surface area (Å²) in [6, 6.07) is 11.2. The number of aldehydes is 1. The van der Waals surface area contributed by atoms with Gasteiger partial charge in [0.05, 0.1) is 66.7 Å². The minimum absolute atomic E-state index is 0.116. The molecule has 53 heavy (non-hydrogen) atoms. The Morgan fingerprint density at radius 2 is 1.19 bits per heavy atom. The van der Waals surface area contributed by atoms with E-state index < -0.39 is 4.92 Å². The van der Waals surface area contributed by atoms with Gasteiger partial charge in [-0.05, 0) is 75.9 Å². The third-order valence-corrected chi connectivity index (χ3v) is 7.88. The number of ether oxygens (including phenoxy) is 5. The van der Waals surface area contributed by atoms with Crippen molar-refractivity contribution in [2.24, 2.45) is 0 Å². The van der Waals surface area contributed by atoms with Crippen molar-refractivity contribution < 1.29 is 42.9 Å². The van der Waals surface area contributed by atoms with Crippen LogP contribution in [0.1, 0.15) is 10.4 Å². The van der Waals surface area contributed by atoms with Crippen molar-refractivity contribution in [3.05, 3.63) is 117 Å². The third kappa shape index (κ3) is 16.4. The van der Waals surface area contributed by atoms with Gasteiger partial charge in [0.2, 0.25) is 23.8 Å². The minimum Gasteiger partial charge on any atom is -0.616 e. The Morgan fingerprint density at radius 3 is 1.64 bits per heavy atom. The van der Waals surface area contributed by atoms with Crippen molar-refractivity contribution in [1.29, 1.82) is 0 Å². The number of carbonyl (C=O) groups excluding carboxylic acids is 1. The van der Waals surface area contributed by atoms with E-state index in [1.807, 2.05) is 6.07 Å². The Labute approximate surface area is 336 Å². The van der Waals surface area contributed by atoms with E-state index in [1.165, 1.54) is 39.8 Å². The molecule has 0 atom stereocenters. The zero-order chi connectivity index (χ0) is 40.1. The number of hydrogen-bond acceptors (Lipinski definition) is 15. The normalized spacial score (nSPS) is 9.38. The van der Waals surface area contributed by atoms with E-state index >= 15 is 0 Å². The van der Waals surface area contributed by atoms with Crippen LogP contribution < -0.4 is 44.6 Å². The summed E-state index contributed by atoms with van der Waals surface area (Å²) in [5, 5.41) is 32.2. The molecule has 18 nitrogen and oxygen atoms in total. The summed E-state index contributed by atoms with van der Waals surface area (Å²) in [6.45, 7) is 0. The highest BCUT2D eigenvalue weighted by Crippen LogP contribution is 2.25. The van der Waals surface area contributed by atoms with E-state index in [1.54, 1.807) is 50.9 Å². The molecule has 0 unspecified atom stereocenters. The Morgan fingerprint density at radius 1 is 0.660 bits per heavy atom. The van der Waals surface area contributed by atoms with Crippen LogP contribution in [-0.2, 0) is 0 Å². The average Bonchev–Trinajstić information content (AvgIpc) is 3.14. The molecule has 0 aromatic carbocycles. The maximum atomic E-state index is 11.0. The number of aromatic nitrogens is 5. The molecule has 0 saturated carbocycles. The van der Waals surface area contributed by atoms with Gasteiger partial charge in [-0.3, -0.25) is 14.9 Å². The van der Waals surface area contributed by atoms with Crippen molar-refractivity contribution in [1.82, 2.24) is 15.0 Å². The van der Waals surface area contributed by atoms with Crippen molar-refractivity contribution in [2.75, 3.05) is 47.0 Å². The smallest absolute Gasteiger partial charge is 0.386 e. The summed E-state index contributed by atoms with van der Waals surface area (Å²) in [5.74, 6) is 1.75. The molecule has 5 rings (SSSR count). The van der Waals surface area contributed by atoms with Crippen LogP contribution in [0.4, 0.5) is 17.1 Å². The first-order chi connectivity index (χ1) is 25.1. The van der Waals surface area contributed by atoms with Crippen LogP contribution in [0.25, 0.3) is 0 Å². The fraction of sp³-hybridized carbons (Fsp3) is 0.161. The topological polar surface area (TPSA) is 251 Å². The molecule has 0 radical (unpaired) electrons. The zero-order valence-electron chi connectivity index (χ0n) is 28.4. The lowest BCUT2D eigenvalue weighted by atomic mass is 10.2. The minimum atomic E-state index is -0.605. The SMILES string of the molecule is COc1cc(N)c(Br)cn1.COc1cc(N)c(C=O)cn1.COc1cc([N+](=O)[O-])c(Br)c[n+]1[O-].COc1ccc(Br)c[n+]1[O-].COc1ccc(Br)cn1. The highest BCUT2D eigenvalue weighted by molar-refractivity contribution is 9.11. The van der Waals surface area contributed by atoms with E-state index in [2.05, 4.69) is 83.4 Å². The molecule has 5 heterocycles. The predicted molar refractivity (Wildman–Crippen MR) is 208 cm³/mol. The van der Waals surface area contributed by atoms with Gasteiger partial charge in [0, 0.05) is 46.9 Å². The second-order valence-corrected chi connectivity index (χ2v) is 12.6. The van der Waals surface area contributed by atoms with Crippen LogP contribution in [0.15, 0.2) is 91.3 Å². The molecule has 284 valence electrons. The number of nitrogens with two attached hydrogens (primary N) is 2. The molecule has 0 amide bonds. The predicted octanol–water partition coefficient (Wildman–Crippen LogP) is 5.86. The van der Waals surface area contributed by atoms with E-state index in [0.717, 1.165) is 25.7 Å². The number of hydrogen-bond donors (Lipinski definition) is 2. The van der Waals surface area contributed by atoms with Crippen molar-refractivity contribution in [3.8, 4) is 29.4 Å². The van der Waals surface area contributed by atoms with E-state index in [0.29, 0.717) is 56.2 Å². The fourth-order valence-corrected chi connectivity index (χ4v) is 4.29. The van der Waals surface area contributed by atoms with E-state index in [4.69, 9.17) is 30.4 Å². The Hall–Kier alpha value is -5.06. The number of nitro groups is 1. The Kier molecular flexibility index (Phi) is 21.0. The number of anilines is 2. The molecule has 0 aliphatic heterocycles. The third-order valence-electron chi connectivity index (χ3n) is 5.67. The molecule has 0 spiro atoms. The molecule has 5 aromatic rings. The van der Waals surface area contributed by atoms with Gasteiger partial charge in [0.15, 0.2) is 17.0 Å². The number of nitrogen functional groups attached to an aromatic ring is 2. The van der Waals surface area contributed by atoms with Crippen LogP contribution in [0.5, 0.6) is 29.4 Å². The van der Waals surface area contributed by atoms with Gasteiger partial charge in [0.1, 0.15) is 6.07 Å². The number of pyridine rings is 5. The van der Waals surface area contributed by atoms with Gasteiger partial charge >= 0.3 is 11.8 Å². The zero-order valence-corrected chi connectivity index (χ0v) is 34.8. The summed E-state index contributed by atoms with van der Waals surface area (Å²) in [4.78, 5) is 31.7. The highest BCUT2D eigenvalue weighted by Gasteiger charge is 2.20. The lowest BCUT2D eigenvalue weighted by Gasteiger charge is -2.02. The largest absolute Gasteiger partial charge is 0.616 e. The fourth-order valence-electron chi connectivity index (χ4n) is 3.07. The second-order valence-electron chi connectivity index (χ2n) is 9.09. The first-order valence-electron chi connectivity index (χ1n) is 14.0. The molecule has 0 bridgehead atoms. The van der Waals surface area contributed by atoms with Gasteiger partial charge in [-0.1, -0.05) is 0 Å². The molecule has 0 aliphatic carbocycles. The lowest BCUT2D eigenvalue weighted by Crippen LogP contribution is -2.28. The molecule has 4 N–H and O–H groups in total. The number of nitrogens with zero attached hydrogens (tertiary/aromatic N) is 6. The first-order valence-corrected chi connectivity index (χ1v) is 17.2. The molecule has 5 aromatic heterocycles. The second kappa shape index (κ2) is 24.2. The molecule has 22 heteroatoms. The first kappa shape index (κ1) is 46.0. The number of carbonyl (C=O) groups is 1. The summed E-state index contributed by atoms with van der Waals surface area (Å²) < 4.78 is 27.5. The van der Waals surface area contributed by atoms with Crippen LogP contribution >= 0.6 is 63.7 Å². The van der Waals surface area contributed by atoms with Crippen LogP contribution in [0.2, 0.25) is 0 Å². The summed E-state index contributed by atoms with van der Waals surface area (Å²) in [5.41, 5.74) is 12.2. The summed E-state index contributed by atoms with van der Waals surface area (Å²) in [7, 11) is 7.35. The van der Waals surface area contributed by atoms with Gasteiger partial charge in [0.25, 0.3) is 5.69 Å². The van der Waals surface area contributed by atoms with E-state index in [-0.39, 0.29) is 16.0 Å². The van der Waals surface area contributed by atoms with Gasteiger partial charge in [-0.25, -0.2) is 15.0 Å². The average molecular weight is 996 g/mol. The molecule has 0 saturated heterocycles. The van der Waals surface area contributed by atoms with Gasteiger partial charge in [-0.2, -0.15) is 0 Å². The maximum absolute atomic E-state index is 11.0. The van der Waals surface area contributed by atoms with Crippen molar-refractivity contribution in [2.45, 2.75) is 0 Å². The standard InChI is InChI=1S/C7H8N2O2.C6H5BrN2O4.C6H7BrN2O.C6H6BrNO2.C6H6BrNO/c1-11-7-2-6(8)5(4-10)3-9-7;1-13-6-2-5(9(11)12)4(7)3-8(6)10;1-10-6-2-5(8)4(7)3-9-6;1-10-6-3-2-5(7)4-8(6)9;1-9-6-3-2-5(7)4-8-6/h2-4H,1H3,(H2,8,9);2-3H,1H3;2-3H,1H3,(H2,8,9);2-4H,1H3;2-4H,1H3. The molecule has 0 aliphatic rings. The number of halogens is 4. The maximum Gasteiger partial charge on any atom is 0.386 e. The molecular formula is C31H32Br4N8O10. The van der Waals surface area contributed by atoms with Gasteiger partial charge in [-0.15, -0.1) is 9.46 Å². The molecular weight excluding hydrogens is 964 g/mol. The van der Waals surface area contributed by atoms with Crippen LogP contribution in [-0.4, -0.2) is 61.7 Å². The molecule has 0 fully saturated rings. The monoisotopic (exact) mass is 992 g/mol. The van der Waals surface area contributed by atoms with Crippen LogP contribution in [0, 0.1) is 20.5 Å². The van der Waals surface area contributed by atoms with Crippen molar-refractivity contribution >= 4 is 87.1 Å². The summed E-state index contributed by atoms with van der Waals surface area (Å²) in [6.07, 6.45) is 7.74. The Balaban J connectivity index is 0.000000333. The van der Waals surface area contributed by atoms with Gasteiger partial charge < -0.3 is 45.6 Å². The highest BCUT2D eigenvalue weighted by atomic mass is 79.9. The van der Waals surface area contributed by atoms with E-state index in [9.17, 15) is 25.3 Å². The van der Waals surface area contributed by atoms with Crippen molar-refractivity contribution in [3.63, 3.8) is 0 Å².